The smallest absolute Gasteiger partial charge is 0.312 e. The summed E-state index contributed by atoms with van der Waals surface area (Å²) in [5.74, 6) is 35.0. The van der Waals surface area contributed by atoms with Crippen molar-refractivity contribution in [3.8, 4) is 0 Å². The average molecular weight is 1540 g/mol. The SMILES string of the molecule is CC1C2CC(C1C)C1(CCOC1=O)C2.CC1CC2CC1C1(COC(=O)C1)C2.CC1CC2CC1C1C2C2CC1C1(CCOC1=O)C2.CC1CC2CC1C1C2C2CC1C1(COC(=O)C1)C2.CC1CC2CC1C1C3CC(C21)C1(CCOC1=O)C3.CC1CC2CC1C1C3CC(C21)C1(COC(=O)C1)C3.CC1CC2CC1CC21COC(=O)C1. The van der Waals surface area contributed by atoms with Crippen molar-refractivity contribution >= 4 is 41.8 Å². The molecule has 29 aliphatic rings. The Morgan fingerprint density at radius 2 is 0.616 bits per heavy atom. The summed E-state index contributed by atoms with van der Waals surface area (Å²) in [4.78, 5) is 81.7. The summed E-state index contributed by atoms with van der Waals surface area (Å²) in [5.41, 5.74) is 1.06. The molecule has 112 heavy (non-hydrogen) atoms. The molecule has 0 aromatic carbocycles. The molecule has 7 heterocycles. The van der Waals surface area contributed by atoms with Gasteiger partial charge in [0.1, 0.15) is 0 Å². The summed E-state index contributed by atoms with van der Waals surface area (Å²) in [6.45, 7) is 24.2. The fourth-order valence-corrected chi connectivity index (χ4v) is 41.0. The lowest BCUT2D eigenvalue weighted by atomic mass is 9.59. The largest absolute Gasteiger partial charge is 0.465 e. The van der Waals surface area contributed by atoms with Gasteiger partial charge < -0.3 is 33.2 Å². The van der Waals surface area contributed by atoms with Crippen LogP contribution in [0, 0.1) is 263 Å². The highest BCUT2D eigenvalue weighted by Crippen LogP contribution is 2.79. The van der Waals surface area contributed by atoms with Gasteiger partial charge >= 0.3 is 41.8 Å². The van der Waals surface area contributed by atoms with Crippen LogP contribution < -0.4 is 0 Å². The standard InChI is InChI=1S/4C16H22O2.C12H18O2.2C11H16O2/c1-8-2-9-3-11(8)14-10-4-12(15(9)14)16(5-10)6-13(17)18-7-16;1-8-2-9-3-11(8)15-12-4-10(14(9)15)5-16(12)6-13(17)18-7-16;1-8-4-9-5-11(8)13-10-6-12(14(9)13)16(7-10)2-3-18-15(16)17;1-8-4-9-5-11(8)14-12-6-10(13(9)14)7-16(12)2-3-18-15(16)17;1-7-8(2)10-5-9(7)6-12(10)3-4-14-11(12)13;1-7-2-9-3-8(7)4-11(9)5-10(12)13-6-11;1-7-2-8-3-9(7)11(4-8)5-10(12)13-6-11/h2*8-12,14-15H,2-7H2,1H3;2*8-14H,2-7H2,1H3;7-10H,3-6H2,1-2H3;2*7-9H,2-6H2,1H3. The van der Waals surface area contributed by atoms with Gasteiger partial charge in [0.05, 0.1) is 88.2 Å². The number of ether oxygens (including phenoxy) is 7. The molecule has 0 aromatic rings. The summed E-state index contributed by atoms with van der Waals surface area (Å²) in [7, 11) is 0. The van der Waals surface area contributed by atoms with Crippen LogP contribution in [0.5, 0.6) is 0 Å². The maximum atomic E-state index is 12.2. The van der Waals surface area contributed by atoms with Crippen LogP contribution in [0.2, 0.25) is 0 Å². The Hall–Kier alpha value is -3.71. The molecule has 7 aliphatic heterocycles. The van der Waals surface area contributed by atoms with Gasteiger partial charge in [-0.15, -0.1) is 0 Å². The molecule has 22 saturated carbocycles. The molecule has 29 rings (SSSR count). The van der Waals surface area contributed by atoms with Gasteiger partial charge in [-0.1, -0.05) is 55.4 Å². The summed E-state index contributed by atoms with van der Waals surface area (Å²) >= 11 is 0. The summed E-state index contributed by atoms with van der Waals surface area (Å²) in [6.07, 6.45) is 38.7. The number of cyclic esters (lactones) is 7. The third kappa shape index (κ3) is 10.2. The van der Waals surface area contributed by atoms with Crippen LogP contribution >= 0.6 is 0 Å². The van der Waals surface area contributed by atoms with Gasteiger partial charge in [0, 0.05) is 21.7 Å². The fourth-order valence-electron chi connectivity index (χ4n) is 41.0. The third-order valence-electron chi connectivity index (χ3n) is 44.5. The number of fused-ring (bicyclic) bond motifs is 49. The van der Waals surface area contributed by atoms with Crippen LogP contribution in [-0.2, 0) is 66.7 Å². The molecule has 0 amide bonds. The van der Waals surface area contributed by atoms with Gasteiger partial charge in [0.15, 0.2) is 0 Å². The second kappa shape index (κ2) is 25.4. The molecule has 14 heteroatoms. The molecular formula is C98H138O14. The molecule has 7 spiro atoms. The quantitative estimate of drug-likeness (QED) is 0.127. The first-order valence-corrected chi connectivity index (χ1v) is 48.0. The third-order valence-corrected chi connectivity index (χ3v) is 44.5. The van der Waals surface area contributed by atoms with Crippen molar-refractivity contribution in [2.45, 2.75) is 254 Å². The lowest BCUT2D eigenvalue weighted by molar-refractivity contribution is -0.152. The first-order chi connectivity index (χ1) is 53.8. The summed E-state index contributed by atoms with van der Waals surface area (Å²) < 4.78 is 36.9. The van der Waals surface area contributed by atoms with Crippen molar-refractivity contribution in [1.82, 2.24) is 0 Å². The van der Waals surface area contributed by atoms with Crippen LogP contribution in [0.3, 0.4) is 0 Å². The number of carbonyl (C=O) groups excluding carboxylic acids is 7. The Bertz CT molecular complexity index is 3880. The Balaban J connectivity index is 0.0000000783. The molecule has 7 saturated heterocycles. The predicted octanol–water partition coefficient (Wildman–Crippen LogP) is 17.7. The van der Waals surface area contributed by atoms with E-state index < -0.39 is 0 Å². The van der Waals surface area contributed by atoms with Gasteiger partial charge in [-0.3, -0.25) is 33.6 Å². The number of hydrogen-bond donors (Lipinski definition) is 0. The number of hydrogen-bond acceptors (Lipinski definition) is 14. The second-order valence-corrected chi connectivity index (χ2v) is 48.0. The summed E-state index contributed by atoms with van der Waals surface area (Å²) in [6, 6.07) is 0. The predicted molar refractivity (Wildman–Crippen MR) is 415 cm³/mol. The topological polar surface area (TPSA) is 184 Å². The highest BCUT2D eigenvalue weighted by Gasteiger charge is 2.76. The maximum Gasteiger partial charge on any atom is 0.312 e. The molecule has 29 fully saturated rings. The van der Waals surface area contributed by atoms with Gasteiger partial charge in [-0.25, -0.2) is 0 Å². The van der Waals surface area contributed by atoms with E-state index in [1.807, 2.05) is 0 Å². The Kier molecular flexibility index (Phi) is 16.7. The van der Waals surface area contributed by atoms with E-state index >= 15 is 0 Å². The minimum absolute atomic E-state index is 0.0143. The Morgan fingerprint density at radius 1 is 0.250 bits per heavy atom. The van der Waals surface area contributed by atoms with E-state index in [-0.39, 0.29) is 79.7 Å². The van der Waals surface area contributed by atoms with E-state index in [0.717, 1.165) is 272 Å². The Morgan fingerprint density at radius 3 is 1.03 bits per heavy atom. The molecule has 22 bridgehead atoms. The zero-order valence-corrected chi connectivity index (χ0v) is 69.5. The van der Waals surface area contributed by atoms with Crippen LogP contribution in [0.1, 0.15) is 254 Å². The van der Waals surface area contributed by atoms with Crippen molar-refractivity contribution in [3.05, 3.63) is 0 Å². The Labute approximate surface area is 668 Å². The van der Waals surface area contributed by atoms with E-state index in [2.05, 4.69) is 55.4 Å². The van der Waals surface area contributed by atoms with Crippen LogP contribution in [0.25, 0.3) is 0 Å². The van der Waals surface area contributed by atoms with Crippen molar-refractivity contribution in [2.75, 3.05) is 46.2 Å². The van der Waals surface area contributed by atoms with Gasteiger partial charge in [-0.2, -0.15) is 0 Å². The molecule has 614 valence electrons. The van der Waals surface area contributed by atoms with Gasteiger partial charge in [-0.05, 0) is 398 Å². The monoisotopic (exact) mass is 1540 g/mol. The lowest BCUT2D eigenvalue weighted by Gasteiger charge is -2.44. The molecule has 22 aliphatic carbocycles. The molecule has 0 aromatic heterocycles. The molecular weight excluding hydrogens is 1400 g/mol. The van der Waals surface area contributed by atoms with Crippen molar-refractivity contribution < 1.29 is 66.7 Å². The van der Waals surface area contributed by atoms with Crippen LogP contribution in [0.15, 0.2) is 0 Å². The van der Waals surface area contributed by atoms with Crippen LogP contribution in [0.4, 0.5) is 0 Å². The first kappa shape index (κ1) is 73.4. The highest BCUT2D eigenvalue weighted by molar-refractivity contribution is 5.81. The zero-order valence-electron chi connectivity index (χ0n) is 69.5. The molecule has 45 unspecified atom stereocenters. The summed E-state index contributed by atoms with van der Waals surface area (Å²) in [5, 5.41) is 0. The van der Waals surface area contributed by atoms with E-state index in [0.29, 0.717) is 50.4 Å². The highest BCUT2D eigenvalue weighted by atomic mass is 16.6. The first-order valence-electron chi connectivity index (χ1n) is 48.0. The van der Waals surface area contributed by atoms with E-state index in [1.54, 1.807) is 0 Å². The lowest BCUT2D eigenvalue weighted by Crippen LogP contribution is -2.43. The van der Waals surface area contributed by atoms with Crippen molar-refractivity contribution in [3.63, 3.8) is 0 Å². The van der Waals surface area contributed by atoms with E-state index in [4.69, 9.17) is 33.2 Å². The second-order valence-electron chi connectivity index (χ2n) is 48.0. The maximum absolute atomic E-state index is 12.2. The minimum Gasteiger partial charge on any atom is -0.465 e. The van der Waals surface area contributed by atoms with E-state index in [9.17, 15) is 33.6 Å². The fraction of sp³-hybridized carbons (Fsp3) is 0.929. The molecule has 14 nitrogen and oxygen atoms in total. The van der Waals surface area contributed by atoms with Gasteiger partial charge in [0.2, 0.25) is 0 Å². The number of rotatable bonds is 0. The zero-order chi connectivity index (χ0) is 76.3. The van der Waals surface area contributed by atoms with E-state index in [1.165, 1.54) is 148 Å². The van der Waals surface area contributed by atoms with Crippen molar-refractivity contribution in [1.29, 1.82) is 0 Å². The number of carbonyl (C=O) groups is 7. The van der Waals surface area contributed by atoms with Crippen LogP contribution in [-0.4, -0.2) is 88.0 Å². The molecule has 0 N–H and O–H groups in total. The number of esters is 7. The molecule has 45 atom stereocenters. The van der Waals surface area contributed by atoms with Crippen molar-refractivity contribution in [2.24, 2.45) is 263 Å². The molecule has 0 radical (unpaired) electrons. The normalized spacial score (nSPS) is 60.4. The minimum atomic E-state index is -0.0450. The average Bonchev–Trinajstić information content (AvgIpc) is 1.52. The van der Waals surface area contributed by atoms with Gasteiger partial charge in [0.25, 0.3) is 0 Å².